The topological polar surface area (TPSA) is 0 Å². The van der Waals surface area contributed by atoms with Crippen LogP contribution in [0.3, 0.4) is 0 Å². The molecule has 0 aromatic heterocycles. The molecule has 0 aromatic rings. The van der Waals surface area contributed by atoms with Crippen LogP contribution in [0.15, 0.2) is 0 Å². The SMILES string of the molecule is CCCCCCCCCCCC[P+](CCCC)(CCCC)CCCCC. The van der Waals surface area contributed by atoms with Crippen LogP contribution in [0.4, 0.5) is 0 Å². The van der Waals surface area contributed by atoms with Gasteiger partial charge in [-0.15, -0.1) is 0 Å². The maximum Gasteiger partial charge on any atom is 0.0594 e. The third kappa shape index (κ3) is 15.5. The van der Waals surface area contributed by atoms with Crippen LogP contribution in [0.5, 0.6) is 0 Å². The van der Waals surface area contributed by atoms with Gasteiger partial charge in [-0.2, -0.15) is 0 Å². The van der Waals surface area contributed by atoms with E-state index in [1.165, 1.54) is 103 Å². The molecule has 0 aromatic carbocycles. The summed E-state index contributed by atoms with van der Waals surface area (Å²) < 4.78 is 0. The van der Waals surface area contributed by atoms with E-state index in [9.17, 15) is 0 Å². The first-order valence-electron chi connectivity index (χ1n) is 12.6. The second-order valence-corrected chi connectivity index (χ2v) is 13.3. The molecule has 158 valence electrons. The zero-order valence-electron chi connectivity index (χ0n) is 19.3. The minimum absolute atomic E-state index is 0.633. The predicted molar refractivity (Wildman–Crippen MR) is 128 cm³/mol. The van der Waals surface area contributed by atoms with Crippen LogP contribution in [-0.4, -0.2) is 24.6 Å². The molecule has 0 spiro atoms. The van der Waals surface area contributed by atoms with Crippen molar-refractivity contribution in [3.8, 4) is 0 Å². The van der Waals surface area contributed by atoms with Gasteiger partial charge < -0.3 is 0 Å². The first kappa shape index (κ1) is 26.4. The van der Waals surface area contributed by atoms with Crippen LogP contribution in [0.25, 0.3) is 0 Å². The first-order chi connectivity index (χ1) is 12.7. The lowest BCUT2D eigenvalue weighted by atomic mass is 10.1. The van der Waals surface area contributed by atoms with Gasteiger partial charge in [-0.05, 0) is 32.1 Å². The number of rotatable bonds is 21. The van der Waals surface area contributed by atoms with Crippen LogP contribution < -0.4 is 0 Å². The number of hydrogen-bond donors (Lipinski definition) is 0. The molecule has 0 fully saturated rings. The molecular formula is C25H54P+. The van der Waals surface area contributed by atoms with E-state index in [1.54, 1.807) is 31.1 Å². The molecule has 0 unspecified atom stereocenters. The summed E-state index contributed by atoms with van der Waals surface area (Å²) in [4.78, 5) is 0. The third-order valence-electron chi connectivity index (χ3n) is 6.19. The van der Waals surface area contributed by atoms with Crippen molar-refractivity contribution in [1.82, 2.24) is 0 Å². The summed E-state index contributed by atoms with van der Waals surface area (Å²) in [6.45, 7) is 9.45. The van der Waals surface area contributed by atoms with Crippen LogP contribution in [0, 0.1) is 0 Å². The second-order valence-electron chi connectivity index (χ2n) is 8.83. The molecule has 0 saturated carbocycles. The quantitative estimate of drug-likeness (QED) is 0.136. The Morgan fingerprint density at radius 3 is 1.00 bits per heavy atom. The van der Waals surface area contributed by atoms with Gasteiger partial charge in [-0.25, -0.2) is 0 Å². The Kier molecular flexibility index (Phi) is 20.5. The van der Waals surface area contributed by atoms with Crippen molar-refractivity contribution >= 4 is 7.26 Å². The maximum atomic E-state index is 2.39. The smallest absolute Gasteiger partial charge is 0.0594 e. The highest BCUT2D eigenvalue weighted by atomic mass is 31.2. The first-order valence-corrected chi connectivity index (χ1v) is 15.1. The van der Waals surface area contributed by atoms with Crippen molar-refractivity contribution in [3.63, 3.8) is 0 Å². The van der Waals surface area contributed by atoms with Crippen LogP contribution in [-0.2, 0) is 0 Å². The third-order valence-corrected chi connectivity index (χ3v) is 11.3. The number of hydrogen-bond acceptors (Lipinski definition) is 0. The Morgan fingerprint density at radius 2 is 0.577 bits per heavy atom. The highest BCUT2D eigenvalue weighted by Crippen LogP contribution is 2.61. The zero-order chi connectivity index (χ0) is 19.3. The van der Waals surface area contributed by atoms with Gasteiger partial charge in [-0.1, -0.05) is 105 Å². The molecule has 0 N–H and O–H groups in total. The predicted octanol–water partition coefficient (Wildman–Crippen LogP) is 9.72. The second kappa shape index (κ2) is 20.2. The van der Waals surface area contributed by atoms with Crippen molar-refractivity contribution in [2.45, 2.75) is 137 Å². The van der Waals surface area contributed by atoms with Crippen molar-refractivity contribution in [2.24, 2.45) is 0 Å². The van der Waals surface area contributed by atoms with Crippen molar-refractivity contribution in [2.75, 3.05) is 24.6 Å². The van der Waals surface area contributed by atoms with Gasteiger partial charge in [0.15, 0.2) is 0 Å². The fourth-order valence-corrected chi connectivity index (χ4v) is 9.39. The van der Waals surface area contributed by atoms with E-state index >= 15 is 0 Å². The lowest BCUT2D eigenvalue weighted by Crippen LogP contribution is -2.13. The average Bonchev–Trinajstić information content (AvgIpc) is 2.66. The van der Waals surface area contributed by atoms with Crippen LogP contribution in [0.1, 0.15) is 137 Å². The van der Waals surface area contributed by atoms with Crippen molar-refractivity contribution in [3.05, 3.63) is 0 Å². The summed E-state index contributed by atoms with van der Waals surface area (Å²) in [6, 6.07) is 0. The molecular weight excluding hydrogens is 331 g/mol. The zero-order valence-corrected chi connectivity index (χ0v) is 20.2. The Hall–Kier alpha value is 0.430. The summed E-state index contributed by atoms with van der Waals surface area (Å²) >= 11 is 0. The molecule has 0 bridgehead atoms. The Balaban J connectivity index is 4.09. The lowest BCUT2D eigenvalue weighted by Gasteiger charge is -2.28. The van der Waals surface area contributed by atoms with Gasteiger partial charge in [-0.3, -0.25) is 0 Å². The fourth-order valence-electron chi connectivity index (χ4n) is 4.29. The normalized spacial score (nSPS) is 12.0. The summed E-state index contributed by atoms with van der Waals surface area (Å²) in [5, 5.41) is 0. The molecule has 0 amide bonds. The van der Waals surface area contributed by atoms with E-state index in [1.807, 2.05) is 0 Å². The van der Waals surface area contributed by atoms with Gasteiger partial charge in [0.05, 0.1) is 24.6 Å². The minimum Gasteiger partial charge on any atom is -0.0654 e. The van der Waals surface area contributed by atoms with E-state index in [0.717, 1.165) is 0 Å². The summed E-state index contributed by atoms with van der Waals surface area (Å²) in [6.07, 6.45) is 31.5. The molecule has 0 nitrogen and oxygen atoms in total. The molecule has 0 rings (SSSR count). The van der Waals surface area contributed by atoms with Gasteiger partial charge in [0, 0.05) is 7.26 Å². The molecule has 0 aliphatic carbocycles. The molecule has 0 aliphatic rings. The summed E-state index contributed by atoms with van der Waals surface area (Å²) in [5.41, 5.74) is 0. The minimum atomic E-state index is -0.633. The van der Waals surface area contributed by atoms with Crippen LogP contribution in [0.2, 0.25) is 0 Å². The Labute approximate surface area is 169 Å². The summed E-state index contributed by atoms with van der Waals surface area (Å²) in [7, 11) is -0.633. The molecule has 1 heteroatoms. The van der Waals surface area contributed by atoms with E-state index in [0.29, 0.717) is 0 Å². The van der Waals surface area contributed by atoms with Crippen molar-refractivity contribution < 1.29 is 0 Å². The van der Waals surface area contributed by atoms with Crippen LogP contribution >= 0.6 is 7.26 Å². The Bertz CT molecular complexity index is 253. The van der Waals surface area contributed by atoms with E-state index in [4.69, 9.17) is 0 Å². The molecule has 0 aliphatic heterocycles. The maximum absolute atomic E-state index is 2.39. The molecule has 0 radical (unpaired) electrons. The molecule has 0 saturated heterocycles. The van der Waals surface area contributed by atoms with Gasteiger partial charge in [0.2, 0.25) is 0 Å². The largest absolute Gasteiger partial charge is 0.0654 e. The van der Waals surface area contributed by atoms with Gasteiger partial charge in [0.1, 0.15) is 0 Å². The summed E-state index contributed by atoms with van der Waals surface area (Å²) in [5.74, 6) is 0. The van der Waals surface area contributed by atoms with E-state index in [-0.39, 0.29) is 0 Å². The van der Waals surface area contributed by atoms with Crippen molar-refractivity contribution in [1.29, 1.82) is 0 Å². The highest BCUT2D eigenvalue weighted by molar-refractivity contribution is 7.75. The van der Waals surface area contributed by atoms with E-state index < -0.39 is 7.26 Å². The average molecular weight is 386 g/mol. The number of unbranched alkanes of at least 4 members (excludes halogenated alkanes) is 13. The lowest BCUT2D eigenvalue weighted by molar-refractivity contribution is 0.562. The molecule has 0 atom stereocenters. The Morgan fingerprint density at radius 1 is 0.308 bits per heavy atom. The molecule has 26 heavy (non-hydrogen) atoms. The standard InChI is InChI=1S/C25H54P/c1-5-9-13-14-15-16-17-18-19-21-25-26(22-11-7-3,23-12-8-4)24-20-10-6-2/h5-25H2,1-4H3/q+1. The fraction of sp³-hybridized carbons (Fsp3) is 1.00. The molecule has 0 heterocycles. The monoisotopic (exact) mass is 385 g/mol. The van der Waals surface area contributed by atoms with E-state index in [2.05, 4.69) is 27.7 Å². The highest BCUT2D eigenvalue weighted by Gasteiger charge is 2.34. The van der Waals surface area contributed by atoms with Gasteiger partial charge >= 0.3 is 0 Å². The van der Waals surface area contributed by atoms with Gasteiger partial charge in [0.25, 0.3) is 0 Å².